The fourth-order valence-electron chi connectivity index (χ4n) is 3.45. The molecule has 0 aliphatic heterocycles. The number of benzene rings is 2. The summed E-state index contributed by atoms with van der Waals surface area (Å²) in [4.78, 5) is 21.6. The van der Waals surface area contributed by atoms with Crippen LogP contribution in [-0.2, 0) is 12.7 Å². The van der Waals surface area contributed by atoms with Crippen LogP contribution in [0.1, 0.15) is 16.8 Å². The van der Waals surface area contributed by atoms with Gasteiger partial charge in [-0.2, -0.15) is 18.3 Å². The van der Waals surface area contributed by atoms with Crippen LogP contribution >= 0.6 is 0 Å². The molecule has 3 aromatic heterocycles. The van der Waals surface area contributed by atoms with E-state index in [1.54, 1.807) is 0 Å². The van der Waals surface area contributed by atoms with E-state index in [1.165, 1.54) is 40.2 Å². The molecule has 33 heavy (non-hydrogen) atoms. The van der Waals surface area contributed by atoms with Gasteiger partial charge in [-0.3, -0.25) is 9.36 Å². The number of rotatable bonds is 4. The van der Waals surface area contributed by atoms with Crippen LogP contribution in [0.4, 0.5) is 13.2 Å². The minimum atomic E-state index is -4.49. The standard InChI is InChI=1S/C23H16F3N5O2/c1-14-5-7-15(8-6-14)21-29-17(12-33-21)11-30-13-27-20-19(22(30)32)10-28-31(20)18-4-2-3-16(9-18)23(24,25)26/h2-10,12-13H,11H2,1H3. The molecule has 3 heterocycles. The molecule has 0 unspecified atom stereocenters. The van der Waals surface area contributed by atoms with Crippen LogP contribution in [0.3, 0.4) is 0 Å². The normalized spacial score (nSPS) is 11.9. The number of halogens is 3. The van der Waals surface area contributed by atoms with Crippen molar-refractivity contribution in [2.45, 2.75) is 19.6 Å². The third-order valence-electron chi connectivity index (χ3n) is 5.16. The van der Waals surface area contributed by atoms with Crippen LogP contribution in [0.15, 0.2) is 76.5 Å². The lowest BCUT2D eigenvalue weighted by Crippen LogP contribution is -2.21. The smallest absolute Gasteiger partial charge is 0.416 e. The number of hydrogen-bond acceptors (Lipinski definition) is 5. The molecule has 0 amide bonds. The van der Waals surface area contributed by atoms with Gasteiger partial charge in [-0.15, -0.1) is 0 Å². The molecule has 0 saturated carbocycles. The summed E-state index contributed by atoms with van der Waals surface area (Å²) in [6.07, 6.45) is -0.412. The van der Waals surface area contributed by atoms with Gasteiger partial charge in [-0.1, -0.05) is 23.8 Å². The first-order valence-corrected chi connectivity index (χ1v) is 9.92. The minimum Gasteiger partial charge on any atom is -0.444 e. The Balaban J connectivity index is 1.46. The van der Waals surface area contributed by atoms with Gasteiger partial charge in [-0.05, 0) is 37.3 Å². The predicted molar refractivity (Wildman–Crippen MR) is 114 cm³/mol. The molecule has 0 bridgehead atoms. The van der Waals surface area contributed by atoms with Gasteiger partial charge in [0.2, 0.25) is 5.89 Å². The van der Waals surface area contributed by atoms with E-state index in [0.29, 0.717) is 11.6 Å². The molecule has 0 saturated heterocycles. The maximum Gasteiger partial charge on any atom is 0.416 e. The second-order valence-corrected chi connectivity index (χ2v) is 7.53. The Kier molecular flexibility index (Phi) is 4.85. The van der Waals surface area contributed by atoms with E-state index in [4.69, 9.17) is 4.42 Å². The van der Waals surface area contributed by atoms with Crippen molar-refractivity contribution >= 4 is 11.0 Å². The number of oxazole rings is 1. The maximum atomic E-state index is 13.1. The highest BCUT2D eigenvalue weighted by atomic mass is 19.4. The summed E-state index contributed by atoms with van der Waals surface area (Å²) in [5.41, 5.74) is 1.57. The first-order valence-electron chi connectivity index (χ1n) is 9.92. The fraction of sp³-hybridized carbons (Fsp3) is 0.130. The molecule has 7 nitrogen and oxygen atoms in total. The van der Waals surface area contributed by atoms with Crippen molar-refractivity contribution in [2.24, 2.45) is 0 Å². The molecular formula is C23H16F3N5O2. The van der Waals surface area contributed by atoms with Crippen molar-refractivity contribution in [2.75, 3.05) is 0 Å². The van der Waals surface area contributed by atoms with E-state index in [-0.39, 0.29) is 23.3 Å². The molecule has 0 spiro atoms. The fourth-order valence-corrected chi connectivity index (χ4v) is 3.45. The van der Waals surface area contributed by atoms with Gasteiger partial charge in [0.15, 0.2) is 5.65 Å². The highest BCUT2D eigenvalue weighted by Gasteiger charge is 2.30. The molecule has 0 N–H and O–H groups in total. The third kappa shape index (κ3) is 3.91. The summed E-state index contributed by atoms with van der Waals surface area (Å²) in [5.74, 6) is 0.435. The number of nitrogens with zero attached hydrogens (tertiary/aromatic N) is 5. The molecule has 5 aromatic rings. The SMILES string of the molecule is Cc1ccc(-c2nc(Cn3cnc4c(cnn4-c4cccc(C(F)(F)F)c4)c3=O)co2)cc1. The van der Waals surface area contributed by atoms with E-state index in [1.807, 2.05) is 31.2 Å². The van der Waals surface area contributed by atoms with Gasteiger partial charge in [0, 0.05) is 5.56 Å². The van der Waals surface area contributed by atoms with E-state index in [9.17, 15) is 18.0 Å². The number of aryl methyl sites for hydroxylation is 1. The van der Waals surface area contributed by atoms with Crippen molar-refractivity contribution in [3.63, 3.8) is 0 Å². The molecule has 2 aromatic carbocycles. The van der Waals surface area contributed by atoms with Gasteiger partial charge in [0.25, 0.3) is 5.56 Å². The van der Waals surface area contributed by atoms with Crippen molar-refractivity contribution in [3.8, 4) is 17.1 Å². The van der Waals surface area contributed by atoms with Gasteiger partial charge in [0.1, 0.15) is 18.0 Å². The zero-order chi connectivity index (χ0) is 23.2. The van der Waals surface area contributed by atoms with Crippen molar-refractivity contribution in [1.82, 2.24) is 24.3 Å². The second-order valence-electron chi connectivity index (χ2n) is 7.53. The van der Waals surface area contributed by atoms with Crippen LogP contribution in [-0.4, -0.2) is 24.3 Å². The van der Waals surface area contributed by atoms with Crippen LogP contribution < -0.4 is 5.56 Å². The van der Waals surface area contributed by atoms with Crippen LogP contribution in [0.5, 0.6) is 0 Å². The molecule has 0 fully saturated rings. The lowest BCUT2D eigenvalue weighted by Gasteiger charge is -2.09. The van der Waals surface area contributed by atoms with E-state index >= 15 is 0 Å². The van der Waals surface area contributed by atoms with E-state index in [0.717, 1.165) is 23.3 Å². The topological polar surface area (TPSA) is 78.7 Å². The Morgan fingerprint density at radius 1 is 1.09 bits per heavy atom. The summed E-state index contributed by atoms with van der Waals surface area (Å²) < 4.78 is 47.3. The average molecular weight is 451 g/mol. The van der Waals surface area contributed by atoms with E-state index < -0.39 is 17.3 Å². The summed E-state index contributed by atoms with van der Waals surface area (Å²) >= 11 is 0. The van der Waals surface area contributed by atoms with Gasteiger partial charge < -0.3 is 4.42 Å². The number of alkyl halides is 3. The maximum absolute atomic E-state index is 13.1. The molecule has 10 heteroatoms. The molecular weight excluding hydrogens is 435 g/mol. The Hall–Kier alpha value is -4.21. The average Bonchev–Trinajstić information content (AvgIpc) is 3.43. The molecule has 5 rings (SSSR count). The first kappa shape index (κ1) is 20.7. The lowest BCUT2D eigenvalue weighted by atomic mass is 10.1. The van der Waals surface area contributed by atoms with Gasteiger partial charge in [0.05, 0.1) is 29.7 Å². The quantitative estimate of drug-likeness (QED) is 0.399. The van der Waals surface area contributed by atoms with Crippen LogP contribution in [0.2, 0.25) is 0 Å². The first-order chi connectivity index (χ1) is 15.8. The van der Waals surface area contributed by atoms with Crippen molar-refractivity contribution in [1.29, 1.82) is 0 Å². The number of hydrogen-bond donors (Lipinski definition) is 0. The number of fused-ring (bicyclic) bond motifs is 1. The monoisotopic (exact) mass is 451 g/mol. The summed E-state index contributed by atoms with van der Waals surface area (Å²) in [6.45, 7) is 2.10. The largest absolute Gasteiger partial charge is 0.444 e. The van der Waals surface area contributed by atoms with Gasteiger partial charge >= 0.3 is 6.18 Å². The highest BCUT2D eigenvalue weighted by Crippen LogP contribution is 2.30. The molecule has 0 atom stereocenters. The summed E-state index contributed by atoms with van der Waals surface area (Å²) in [7, 11) is 0. The highest BCUT2D eigenvalue weighted by molar-refractivity contribution is 5.75. The second kappa shape index (κ2) is 7.73. The van der Waals surface area contributed by atoms with Gasteiger partial charge in [-0.25, -0.2) is 14.6 Å². The molecule has 0 radical (unpaired) electrons. The summed E-state index contributed by atoms with van der Waals surface area (Å²) in [5, 5.41) is 4.27. The molecule has 0 aliphatic carbocycles. The zero-order valence-corrected chi connectivity index (χ0v) is 17.2. The molecule has 166 valence electrons. The van der Waals surface area contributed by atoms with E-state index in [2.05, 4.69) is 15.1 Å². The van der Waals surface area contributed by atoms with Crippen LogP contribution in [0, 0.1) is 6.92 Å². The van der Waals surface area contributed by atoms with Crippen LogP contribution in [0.25, 0.3) is 28.2 Å². The lowest BCUT2D eigenvalue weighted by molar-refractivity contribution is -0.137. The van der Waals surface area contributed by atoms with Crippen molar-refractivity contribution in [3.05, 3.63) is 94.5 Å². The zero-order valence-electron chi connectivity index (χ0n) is 17.2. The Morgan fingerprint density at radius 2 is 1.88 bits per heavy atom. The third-order valence-corrected chi connectivity index (χ3v) is 5.16. The predicted octanol–water partition coefficient (Wildman–Crippen LogP) is 4.61. The Morgan fingerprint density at radius 3 is 2.64 bits per heavy atom. The Bertz CT molecular complexity index is 1510. The Labute approximate surface area is 184 Å². The number of aromatic nitrogens is 5. The summed E-state index contributed by atoms with van der Waals surface area (Å²) in [6, 6.07) is 12.4. The van der Waals surface area contributed by atoms with Crippen molar-refractivity contribution < 1.29 is 17.6 Å². The minimum absolute atomic E-state index is 0.117. The molecule has 0 aliphatic rings.